The average Bonchev–Trinajstić information content (AvgIpc) is 2.58. The van der Waals surface area contributed by atoms with Gasteiger partial charge >= 0.3 is 0 Å². The Balaban J connectivity index is 2.26. The maximum absolute atomic E-state index is 12.9. The van der Waals surface area contributed by atoms with Crippen molar-refractivity contribution in [2.75, 3.05) is 11.4 Å². The molecule has 0 heterocycles. The number of carbonyl (C=O) groups excluding carboxylic acids is 1. The molecule has 0 spiro atoms. The third-order valence-corrected chi connectivity index (χ3v) is 4.44. The second-order valence-electron chi connectivity index (χ2n) is 6.54. The number of nitriles is 1. The Labute approximate surface area is 149 Å². The highest BCUT2D eigenvalue weighted by molar-refractivity contribution is 5.94. The molecule has 0 aromatic heterocycles. The fourth-order valence-electron chi connectivity index (χ4n) is 2.74. The summed E-state index contributed by atoms with van der Waals surface area (Å²) in [5.41, 5.74) is 2.42. The zero-order valence-corrected chi connectivity index (χ0v) is 15.0. The van der Waals surface area contributed by atoms with Crippen LogP contribution in [0, 0.1) is 25.2 Å². The van der Waals surface area contributed by atoms with E-state index in [1.165, 1.54) is 0 Å². The molecule has 4 heteroatoms. The molecule has 0 aliphatic carbocycles. The number of carbonyl (C=O) groups is 1. The number of aryl methyl sites for hydroxylation is 2. The molecule has 0 saturated carbocycles. The first-order valence-corrected chi connectivity index (χ1v) is 8.37. The quantitative estimate of drug-likeness (QED) is 0.871. The Morgan fingerprint density at radius 3 is 2.44 bits per heavy atom. The van der Waals surface area contributed by atoms with Crippen LogP contribution in [0.25, 0.3) is 0 Å². The monoisotopic (exact) mass is 336 g/mol. The second kappa shape index (κ2) is 7.96. The Morgan fingerprint density at radius 2 is 1.84 bits per heavy atom. The molecule has 1 unspecified atom stereocenters. The van der Waals surface area contributed by atoms with Crippen molar-refractivity contribution in [2.45, 2.75) is 39.2 Å². The van der Waals surface area contributed by atoms with Crippen LogP contribution in [-0.2, 0) is 10.4 Å². The minimum Gasteiger partial charge on any atom is -0.385 e. The smallest absolute Gasteiger partial charge is 0.230 e. The standard InChI is InChI=1S/C21H24N2O2/c1-16-10-11-19(14-17(16)2)23(13-7-12-22)20(24)15-21(3,25)18-8-5-4-6-9-18/h4-6,8-11,14,25H,7,13,15H2,1-3H3. The number of hydrogen-bond acceptors (Lipinski definition) is 3. The summed E-state index contributed by atoms with van der Waals surface area (Å²) >= 11 is 0. The molecule has 25 heavy (non-hydrogen) atoms. The van der Waals surface area contributed by atoms with E-state index in [0.29, 0.717) is 12.1 Å². The Bertz CT molecular complexity index is 776. The van der Waals surface area contributed by atoms with Crippen LogP contribution < -0.4 is 4.90 Å². The van der Waals surface area contributed by atoms with E-state index in [1.807, 2.05) is 62.4 Å². The van der Waals surface area contributed by atoms with Crippen LogP contribution in [0.5, 0.6) is 0 Å². The van der Waals surface area contributed by atoms with Crippen molar-refractivity contribution in [3.05, 3.63) is 65.2 Å². The molecule has 0 aliphatic rings. The SMILES string of the molecule is Cc1ccc(N(CCC#N)C(=O)CC(C)(O)c2ccccc2)cc1C. The van der Waals surface area contributed by atoms with Gasteiger partial charge in [0.2, 0.25) is 5.91 Å². The Morgan fingerprint density at radius 1 is 1.16 bits per heavy atom. The molecule has 1 amide bonds. The third kappa shape index (κ3) is 4.68. The number of nitrogens with zero attached hydrogens (tertiary/aromatic N) is 2. The average molecular weight is 336 g/mol. The lowest BCUT2D eigenvalue weighted by molar-refractivity contribution is -0.123. The third-order valence-electron chi connectivity index (χ3n) is 4.44. The summed E-state index contributed by atoms with van der Waals surface area (Å²) in [5, 5.41) is 19.7. The van der Waals surface area contributed by atoms with Crippen LogP contribution >= 0.6 is 0 Å². The molecule has 2 aromatic carbocycles. The van der Waals surface area contributed by atoms with Gasteiger partial charge in [-0.15, -0.1) is 0 Å². The molecular weight excluding hydrogens is 312 g/mol. The van der Waals surface area contributed by atoms with E-state index in [1.54, 1.807) is 11.8 Å². The van der Waals surface area contributed by atoms with E-state index < -0.39 is 5.60 Å². The maximum atomic E-state index is 12.9. The van der Waals surface area contributed by atoms with Crippen LogP contribution in [0.15, 0.2) is 48.5 Å². The first kappa shape index (κ1) is 18.7. The van der Waals surface area contributed by atoms with Gasteiger partial charge in [0, 0.05) is 12.2 Å². The van der Waals surface area contributed by atoms with Crippen LogP contribution in [0.3, 0.4) is 0 Å². The lowest BCUT2D eigenvalue weighted by atomic mass is 9.92. The summed E-state index contributed by atoms with van der Waals surface area (Å²) in [7, 11) is 0. The summed E-state index contributed by atoms with van der Waals surface area (Å²) in [6.45, 7) is 5.96. The topological polar surface area (TPSA) is 64.3 Å². The van der Waals surface area contributed by atoms with Crippen LogP contribution in [0.4, 0.5) is 5.69 Å². The van der Waals surface area contributed by atoms with Gasteiger partial charge in [0.25, 0.3) is 0 Å². The largest absolute Gasteiger partial charge is 0.385 e. The van der Waals surface area contributed by atoms with Gasteiger partial charge < -0.3 is 10.0 Å². The lowest BCUT2D eigenvalue weighted by Gasteiger charge is -2.28. The molecule has 1 N–H and O–H groups in total. The molecule has 2 aromatic rings. The minimum absolute atomic E-state index is 0.0463. The van der Waals surface area contributed by atoms with E-state index in [-0.39, 0.29) is 18.7 Å². The van der Waals surface area contributed by atoms with Gasteiger partial charge in [-0.05, 0) is 49.6 Å². The summed E-state index contributed by atoms with van der Waals surface area (Å²) < 4.78 is 0. The first-order chi connectivity index (χ1) is 11.8. The van der Waals surface area contributed by atoms with Crippen molar-refractivity contribution >= 4 is 11.6 Å². The maximum Gasteiger partial charge on any atom is 0.230 e. The van der Waals surface area contributed by atoms with E-state index in [2.05, 4.69) is 6.07 Å². The summed E-state index contributed by atoms with van der Waals surface area (Å²) in [6.07, 6.45) is 0.196. The van der Waals surface area contributed by atoms with Gasteiger partial charge in [0.15, 0.2) is 0 Å². The second-order valence-corrected chi connectivity index (χ2v) is 6.54. The van der Waals surface area contributed by atoms with E-state index in [4.69, 9.17) is 5.26 Å². The summed E-state index contributed by atoms with van der Waals surface area (Å²) in [6, 6.07) is 17.0. The molecule has 1 atom stereocenters. The van der Waals surface area contributed by atoms with Gasteiger partial charge in [-0.2, -0.15) is 5.26 Å². The van der Waals surface area contributed by atoms with Crippen molar-refractivity contribution in [3.63, 3.8) is 0 Å². The number of hydrogen-bond donors (Lipinski definition) is 1. The fourth-order valence-corrected chi connectivity index (χ4v) is 2.74. The normalized spacial score (nSPS) is 12.9. The number of amides is 1. The zero-order chi connectivity index (χ0) is 18.4. The van der Waals surface area contributed by atoms with Gasteiger partial charge in [-0.25, -0.2) is 0 Å². The number of aliphatic hydroxyl groups is 1. The molecule has 0 aliphatic heterocycles. The Kier molecular flexibility index (Phi) is 5.95. The number of anilines is 1. The van der Waals surface area contributed by atoms with Crippen LogP contribution in [0.1, 0.15) is 36.5 Å². The number of benzene rings is 2. The molecule has 0 fully saturated rings. The molecule has 0 bridgehead atoms. The number of rotatable bonds is 6. The van der Waals surface area contributed by atoms with Crippen molar-refractivity contribution < 1.29 is 9.90 Å². The van der Waals surface area contributed by atoms with E-state index in [0.717, 1.165) is 16.8 Å². The molecular formula is C21H24N2O2. The highest BCUT2D eigenvalue weighted by Gasteiger charge is 2.29. The first-order valence-electron chi connectivity index (χ1n) is 8.37. The van der Waals surface area contributed by atoms with Gasteiger partial charge in [-0.3, -0.25) is 4.79 Å². The molecule has 0 radical (unpaired) electrons. The van der Waals surface area contributed by atoms with E-state index >= 15 is 0 Å². The predicted molar refractivity (Wildman–Crippen MR) is 99.1 cm³/mol. The van der Waals surface area contributed by atoms with Crippen LogP contribution in [0.2, 0.25) is 0 Å². The molecule has 4 nitrogen and oxygen atoms in total. The summed E-state index contributed by atoms with van der Waals surface area (Å²) in [4.78, 5) is 14.5. The molecule has 0 saturated heterocycles. The molecule has 2 rings (SSSR count). The predicted octanol–water partition coefficient (Wildman–Crippen LogP) is 3.85. The summed E-state index contributed by atoms with van der Waals surface area (Å²) in [5.74, 6) is -0.202. The zero-order valence-electron chi connectivity index (χ0n) is 15.0. The minimum atomic E-state index is -1.26. The fraction of sp³-hybridized carbons (Fsp3) is 0.333. The van der Waals surface area contributed by atoms with Crippen molar-refractivity contribution in [1.82, 2.24) is 0 Å². The van der Waals surface area contributed by atoms with E-state index in [9.17, 15) is 9.90 Å². The van der Waals surface area contributed by atoms with Gasteiger partial charge in [0.05, 0.1) is 24.5 Å². The lowest BCUT2D eigenvalue weighted by Crippen LogP contribution is -2.37. The highest BCUT2D eigenvalue weighted by Crippen LogP contribution is 2.27. The van der Waals surface area contributed by atoms with Crippen LogP contribution in [-0.4, -0.2) is 17.6 Å². The van der Waals surface area contributed by atoms with Gasteiger partial charge in [0.1, 0.15) is 0 Å². The van der Waals surface area contributed by atoms with Crippen molar-refractivity contribution in [1.29, 1.82) is 5.26 Å². The van der Waals surface area contributed by atoms with Crippen molar-refractivity contribution in [3.8, 4) is 6.07 Å². The highest BCUT2D eigenvalue weighted by atomic mass is 16.3. The van der Waals surface area contributed by atoms with Gasteiger partial charge in [-0.1, -0.05) is 36.4 Å². The Hall–Kier alpha value is -2.64. The van der Waals surface area contributed by atoms with Crippen molar-refractivity contribution in [2.24, 2.45) is 0 Å². The molecule has 130 valence electrons.